The van der Waals surface area contributed by atoms with Crippen molar-refractivity contribution in [3.63, 3.8) is 0 Å². The second-order valence-corrected chi connectivity index (χ2v) is 6.77. The van der Waals surface area contributed by atoms with Gasteiger partial charge in [0.2, 0.25) is 11.8 Å². The molecule has 0 radical (unpaired) electrons. The maximum absolute atomic E-state index is 12.7. The third-order valence-corrected chi connectivity index (χ3v) is 5.11. The molecular weight excluding hydrogens is 372 g/mol. The number of anilines is 1. The predicted octanol–water partition coefficient (Wildman–Crippen LogP) is 1.99. The van der Waals surface area contributed by atoms with Crippen molar-refractivity contribution in [1.82, 2.24) is 4.98 Å². The molecule has 1 aromatic heterocycles. The summed E-state index contributed by atoms with van der Waals surface area (Å²) in [5.74, 6) is -2.54. The maximum atomic E-state index is 12.7. The van der Waals surface area contributed by atoms with Gasteiger partial charge in [-0.2, -0.15) is 0 Å². The summed E-state index contributed by atoms with van der Waals surface area (Å²) in [4.78, 5) is 52.9. The Bertz CT molecular complexity index is 928. The molecule has 2 amide bonds. The average Bonchev–Trinajstić information content (AvgIpc) is 2.95. The van der Waals surface area contributed by atoms with E-state index in [0.29, 0.717) is 11.3 Å². The predicted molar refractivity (Wildman–Crippen MR) is 95.7 cm³/mol. The number of methoxy groups -OCH3 is 1. The Morgan fingerprint density at radius 2 is 1.93 bits per heavy atom. The highest BCUT2D eigenvalue weighted by atomic mass is 32.2. The third-order valence-electron chi connectivity index (χ3n) is 3.91. The first-order chi connectivity index (χ1) is 12.9. The summed E-state index contributed by atoms with van der Waals surface area (Å²) in [5, 5.41) is 8.63. The number of imide groups is 1. The molecule has 0 unspecified atom stereocenters. The number of amides is 2. The molecule has 0 aliphatic carbocycles. The number of aromatic nitrogens is 1. The maximum Gasteiger partial charge on any atom is 0.338 e. The van der Waals surface area contributed by atoms with Gasteiger partial charge in [-0.25, -0.2) is 19.5 Å². The molecule has 1 aromatic carbocycles. The Labute approximate surface area is 158 Å². The number of esters is 1. The van der Waals surface area contributed by atoms with Crippen molar-refractivity contribution in [2.75, 3.05) is 12.0 Å². The van der Waals surface area contributed by atoms with Crippen LogP contribution in [0.1, 0.15) is 27.1 Å². The lowest BCUT2D eigenvalue weighted by atomic mass is 10.2. The first kappa shape index (κ1) is 18.6. The van der Waals surface area contributed by atoms with Gasteiger partial charge < -0.3 is 9.84 Å². The molecule has 0 bridgehead atoms. The van der Waals surface area contributed by atoms with Crippen LogP contribution in [0.25, 0.3) is 0 Å². The number of thioether (sulfide) groups is 1. The monoisotopic (exact) mass is 386 g/mol. The van der Waals surface area contributed by atoms with Crippen LogP contribution in [0.5, 0.6) is 0 Å². The van der Waals surface area contributed by atoms with Crippen LogP contribution in [0.15, 0.2) is 47.6 Å². The molecule has 27 heavy (non-hydrogen) atoms. The van der Waals surface area contributed by atoms with Gasteiger partial charge in [0.15, 0.2) is 0 Å². The number of benzene rings is 1. The van der Waals surface area contributed by atoms with Gasteiger partial charge in [-0.05, 0) is 36.4 Å². The summed E-state index contributed by atoms with van der Waals surface area (Å²) in [6.45, 7) is 0. The van der Waals surface area contributed by atoms with E-state index in [4.69, 9.17) is 0 Å². The third kappa shape index (κ3) is 3.68. The Kier molecular flexibility index (Phi) is 5.22. The van der Waals surface area contributed by atoms with Crippen molar-refractivity contribution in [2.24, 2.45) is 0 Å². The Balaban J connectivity index is 1.81. The first-order valence-electron chi connectivity index (χ1n) is 7.82. The average molecular weight is 386 g/mol. The minimum Gasteiger partial charge on any atom is -0.478 e. The van der Waals surface area contributed by atoms with Gasteiger partial charge in [-0.1, -0.05) is 11.8 Å². The summed E-state index contributed by atoms with van der Waals surface area (Å²) in [5.41, 5.74) is 0.606. The van der Waals surface area contributed by atoms with Gasteiger partial charge in [0.05, 0.1) is 29.2 Å². The lowest BCUT2D eigenvalue weighted by molar-refractivity contribution is -0.121. The standard InChI is InChI=1S/C18H14N2O6S/c1-26-18(25)10-4-6-11(7-5-10)20-14(21)9-13(16(20)22)27-15-12(17(23)24)3-2-8-19-15/h2-8,13H,9H2,1H3,(H,23,24)/t13-/m1/s1. The van der Waals surface area contributed by atoms with Gasteiger partial charge in [0.1, 0.15) is 5.03 Å². The van der Waals surface area contributed by atoms with Gasteiger partial charge in [-0.3, -0.25) is 9.59 Å². The van der Waals surface area contributed by atoms with E-state index in [1.807, 2.05) is 0 Å². The van der Waals surface area contributed by atoms with E-state index in [1.54, 1.807) is 0 Å². The summed E-state index contributed by atoms with van der Waals surface area (Å²) in [6, 6.07) is 8.77. The minimum absolute atomic E-state index is 0.0244. The van der Waals surface area contributed by atoms with Crippen molar-refractivity contribution >= 4 is 41.2 Å². The van der Waals surface area contributed by atoms with E-state index in [9.17, 15) is 24.3 Å². The summed E-state index contributed by atoms with van der Waals surface area (Å²) >= 11 is 0.950. The minimum atomic E-state index is -1.15. The van der Waals surface area contributed by atoms with Crippen LogP contribution in [-0.2, 0) is 14.3 Å². The highest BCUT2D eigenvalue weighted by Crippen LogP contribution is 2.34. The van der Waals surface area contributed by atoms with E-state index in [2.05, 4.69) is 9.72 Å². The van der Waals surface area contributed by atoms with Crippen molar-refractivity contribution in [3.8, 4) is 0 Å². The van der Waals surface area contributed by atoms with Gasteiger partial charge in [0, 0.05) is 12.6 Å². The van der Waals surface area contributed by atoms with Crippen molar-refractivity contribution < 1.29 is 29.0 Å². The molecule has 0 spiro atoms. The number of carbonyl (C=O) groups is 4. The smallest absolute Gasteiger partial charge is 0.338 e. The number of ether oxygens (including phenoxy) is 1. The second kappa shape index (κ2) is 7.58. The van der Waals surface area contributed by atoms with Crippen molar-refractivity contribution in [1.29, 1.82) is 0 Å². The van der Waals surface area contributed by atoms with Crippen LogP contribution in [0, 0.1) is 0 Å². The quantitative estimate of drug-likeness (QED) is 0.613. The SMILES string of the molecule is COC(=O)c1ccc(N2C(=O)C[C@@H](Sc3ncccc3C(=O)O)C2=O)cc1. The molecule has 1 aliphatic rings. The van der Waals surface area contributed by atoms with E-state index >= 15 is 0 Å². The number of aromatic carboxylic acids is 1. The second-order valence-electron chi connectivity index (χ2n) is 5.58. The molecule has 2 aromatic rings. The van der Waals surface area contributed by atoms with E-state index in [1.165, 1.54) is 49.7 Å². The van der Waals surface area contributed by atoms with Crippen LogP contribution in [0.4, 0.5) is 5.69 Å². The van der Waals surface area contributed by atoms with E-state index in [0.717, 1.165) is 16.7 Å². The molecule has 1 atom stereocenters. The van der Waals surface area contributed by atoms with Crippen molar-refractivity contribution in [3.05, 3.63) is 53.7 Å². The molecule has 1 fully saturated rings. The molecule has 0 saturated carbocycles. The number of nitrogens with zero attached hydrogens (tertiary/aromatic N) is 2. The fourth-order valence-electron chi connectivity index (χ4n) is 2.61. The molecule has 1 aliphatic heterocycles. The fraction of sp³-hybridized carbons (Fsp3) is 0.167. The Morgan fingerprint density at radius 1 is 1.22 bits per heavy atom. The zero-order valence-corrected chi connectivity index (χ0v) is 14.9. The molecular formula is C18H14N2O6S. The van der Waals surface area contributed by atoms with Gasteiger partial charge >= 0.3 is 11.9 Å². The summed E-state index contributed by atoms with van der Waals surface area (Å²) < 4.78 is 4.61. The number of hydrogen-bond donors (Lipinski definition) is 1. The van der Waals surface area contributed by atoms with Crippen LogP contribution < -0.4 is 4.90 Å². The molecule has 3 rings (SSSR count). The fourth-order valence-corrected chi connectivity index (χ4v) is 3.72. The van der Waals surface area contributed by atoms with E-state index in [-0.39, 0.29) is 17.0 Å². The van der Waals surface area contributed by atoms with Gasteiger partial charge in [0.25, 0.3) is 0 Å². The molecule has 1 N–H and O–H groups in total. The Hall–Kier alpha value is -3.20. The number of carboxylic acids is 1. The van der Waals surface area contributed by atoms with Crippen LogP contribution in [0.2, 0.25) is 0 Å². The van der Waals surface area contributed by atoms with Crippen LogP contribution in [-0.4, -0.2) is 46.2 Å². The topological polar surface area (TPSA) is 114 Å². The number of rotatable bonds is 5. The number of carbonyl (C=O) groups excluding carboxylic acids is 3. The normalized spacial score (nSPS) is 16.5. The highest BCUT2D eigenvalue weighted by Gasteiger charge is 2.41. The highest BCUT2D eigenvalue weighted by molar-refractivity contribution is 8.00. The number of carboxylic acid groups (broad SMARTS) is 1. The largest absolute Gasteiger partial charge is 0.478 e. The zero-order chi connectivity index (χ0) is 19.6. The summed E-state index contributed by atoms with van der Waals surface area (Å²) in [6.07, 6.45) is 1.36. The lowest BCUT2D eigenvalue weighted by Crippen LogP contribution is -2.31. The molecule has 8 nitrogen and oxygen atoms in total. The molecule has 1 saturated heterocycles. The molecule has 9 heteroatoms. The zero-order valence-electron chi connectivity index (χ0n) is 14.1. The van der Waals surface area contributed by atoms with Crippen molar-refractivity contribution in [2.45, 2.75) is 16.7 Å². The van der Waals surface area contributed by atoms with Crippen LogP contribution >= 0.6 is 11.8 Å². The van der Waals surface area contributed by atoms with Gasteiger partial charge in [-0.15, -0.1) is 0 Å². The number of pyridine rings is 1. The first-order valence-corrected chi connectivity index (χ1v) is 8.70. The van der Waals surface area contributed by atoms with Crippen LogP contribution in [0.3, 0.4) is 0 Å². The van der Waals surface area contributed by atoms with E-state index < -0.39 is 29.0 Å². The number of hydrogen-bond acceptors (Lipinski definition) is 7. The molecule has 2 heterocycles. The summed E-state index contributed by atoms with van der Waals surface area (Å²) in [7, 11) is 1.26. The Morgan fingerprint density at radius 3 is 2.56 bits per heavy atom. The lowest BCUT2D eigenvalue weighted by Gasteiger charge is -2.15. The molecule has 138 valence electrons.